The van der Waals surface area contributed by atoms with E-state index in [2.05, 4.69) is 444 Å². The quantitative estimate of drug-likeness (QED) is 0.107. The Kier molecular flexibility index (Phi) is 15.7. The largest absolute Gasteiger partial charge is 0.309 e. The highest BCUT2D eigenvalue weighted by Crippen LogP contribution is 2.56. The Bertz CT molecular complexity index is 8210. The maximum absolute atomic E-state index is 2.55. The Morgan fingerprint density at radius 1 is 0.144 bits per heavy atom. The summed E-state index contributed by atoms with van der Waals surface area (Å²) in [5.41, 5.74) is 15.6. The van der Waals surface area contributed by atoms with E-state index >= 15 is 0 Å². The maximum Gasteiger partial charge on any atom is 0.0554 e. The van der Waals surface area contributed by atoms with E-state index in [-0.39, 0.29) is 0 Å². The summed E-state index contributed by atoms with van der Waals surface area (Å²) in [6, 6.07) is 158. The third kappa shape index (κ3) is 10.7. The molecule has 0 bridgehead atoms. The Hall–Kier alpha value is -14.9. The molecule has 6 heteroatoms. The van der Waals surface area contributed by atoms with E-state index in [4.69, 9.17) is 0 Å². The van der Waals surface area contributed by atoms with E-state index in [1.54, 1.807) is 0 Å². The first-order chi connectivity index (χ1) is 58.6. The van der Waals surface area contributed by atoms with Crippen molar-refractivity contribution in [3.63, 3.8) is 0 Å². The minimum absolute atomic E-state index is 1.06. The fourth-order valence-electron chi connectivity index (χ4n) is 19.2. The number of fused-ring (bicyclic) bond motifs is 22. The van der Waals surface area contributed by atoms with Gasteiger partial charge >= 0.3 is 0 Å². The van der Waals surface area contributed by atoms with Crippen molar-refractivity contribution in [2.24, 2.45) is 0 Å². The summed E-state index contributed by atoms with van der Waals surface area (Å²) in [7, 11) is 0. The van der Waals surface area contributed by atoms with Crippen LogP contribution in [0.4, 0.5) is 68.2 Å². The Labute approximate surface area is 689 Å². The first-order valence-electron chi connectivity index (χ1n) is 40.4. The molecule has 0 atom stereocenters. The summed E-state index contributed by atoms with van der Waals surface area (Å²) in [5, 5.41) is 29.1. The second-order valence-electron chi connectivity index (χ2n) is 30.9. The maximum atomic E-state index is 2.55. The predicted octanol–water partition coefficient (Wildman–Crippen LogP) is 33.5. The van der Waals surface area contributed by atoms with Gasteiger partial charge in [0.25, 0.3) is 0 Å². The topological polar surface area (TPSA) is 13.0 Å². The zero-order chi connectivity index (χ0) is 77.5. The zero-order valence-corrected chi connectivity index (χ0v) is 65.7. The third-order valence-electron chi connectivity index (χ3n) is 24.4. The minimum Gasteiger partial charge on any atom is -0.309 e. The van der Waals surface area contributed by atoms with Crippen LogP contribution in [-0.4, -0.2) is 0 Å². The van der Waals surface area contributed by atoms with Crippen molar-refractivity contribution in [2.45, 2.75) is 0 Å². The highest BCUT2D eigenvalue weighted by molar-refractivity contribution is 7.27. The number of hydrogen-bond donors (Lipinski definition) is 0. The molecule has 0 aliphatic rings. The molecular weight excluding hydrogens is 1470 g/mol. The van der Waals surface area contributed by atoms with Gasteiger partial charge in [0.2, 0.25) is 0 Å². The lowest BCUT2D eigenvalue weighted by molar-refractivity contribution is 1.31. The summed E-state index contributed by atoms with van der Waals surface area (Å²) < 4.78 is 5.00. The summed E-state index contributed by atoms with van der Waals surface area (Å²) in [6.07, 6.45) is 0. The molecule has 118 heavy (non-hydrogen) atoms. The lowest BCUT2D eigenvalue weighted by Gasteiger charge is -2.29. The molecule has 0 aliphatic heterocycles. The molecule has 0 aliphatic carbocycles. The van der Waals surface area contributed by atoms with Crippen LogP contribution < -0.4 is 19.6 Å². The van der Waals surface area contributed by atoms with Crippen LogP contribution in [0.25, 0.3) is 159 Å². The lowest BCUT2D eigenvalue weighted by atomic mass is 9.96. The van der Waals surface area contributed by atoms with Gasteiger partial charge in [0.05, 0.1) is 45.5 Å². The molecule has 24 rings (SSSR count). The predicted molar refractivity (Wildman–Crippen MR) is 511 cm³/mol. The van der Waals surface area contributed by atoms with Crippen molar-refractivity contribution in [3.8, 4) is 11.1 Å². The van der Waals surface area contributed by atoms with E-state index in [0.29, 0.717) is 0 Å². The zero-order valence-electron chi connectivity index (χ0n) is 64.0. The van der Waals surface area contributed by atoms with E-state index in [0.717, 1.165) is 79.4 Å². The highest BCUT2D eigenvalue weighted by Gasteiger charge is 2.29. The molecule has 0 saturated heterocycles. The SMILES string of the molecule is c1ccc(N(c2cccc3ccccc23)c2cc3c(sc4cc(N(c5ccc(-c6ccc(N(c7cc8ccccc8c8ccccc78)c7cc8c(sc9cc(N(c%10ccccc%10)c%10cc%11ccccc%11c%11ccccc%10%11)c%10ccccc%10c98)c8ccccc78)cc6)cc5)c5cccc6ccccc56)c5ccccc5c43)c3ccccc23)cc1. The van der Waals surface area contributed by atoms with Crippen LogP contribution in [0.15, 0.2) is 425 Å². The van der Waals surface area contributed by atoms with Crippen LogP contribution in [-0.2, 0) is 0 Å². The minimum atomic E-state index is 1.06. The van der Waals surface area contributed by atoms with Crippen LogP contribution in [0.5, 0.6) is 0 Å². The number of thiophene rings is 2. The molecule has 0 N–H and O–H groups in total. The molecule has 0 saturated carbocycles. The molecular formula is C112H70N4S2. The van der Waals surface area contributed by atoms with Crippen molar-refractivity contribution >= 4 is 239 Å². The van der Waals surface area contributed by atoms with Gasteiger partial charge in [-0.25, -0.2) is 0 Å². The number of nitrogens with zero attached hydrogens (tertiary/aromatic N) is 4. The van der Waals surface area contributed by atoms with Crippen molar-refractivity contribution in [3.05, 3.63) is 425 Å². The van der Waals surface area contributed by atoms with Crippen LogP contribution in [0.2, 0.25) is 0 Å². The molecule has 0 unspecified atom stereocenters. The molecule has 22 aromatic carbocycles. The highest BCUT2D eigenvalue weighted by atomic mass is 32.1. The molecule has 0 radical (unpaired) electrons. The molecule has 24 aromatic rings. The molecule has 2 heterocycles. The van der Waals surface area contributed by atoms with E-state index < -0.39 is 0 Å². The van der Waals surface area contributed by atoms with E-state index in [1.165, 1.54) is 148 Å². The van der Waals surface area contributed by atoms with Gasteiger partial charge in [-0.15, -0.1) is 22.7 Å². The van der Waals surface area contributed by atoms with Crippen LogP contribution >= 0.6 is 22.7 Å². The van der Waals surface area contributed by atoms with Crippen molar-refractivity contribution in [1.82, 2.24) is 0 Å². The molecule has 2 aromatic heterocycles. The molecule has 0 amide bonds. The lowest BCUT2D eigenvalue weighted by Crippen LogP contribution is -2.11. The summed E-state index contributed by atoms with van der Waals surface area (Å²) in [4.78, 5) is 10.1. The molecule has 4 nitrogen and oxygen atoms in total. The second-order valence-corrected chi connectivity index (χ2v) is 33.0. The number of hydrogen-bond acceptors (Lipinski definition) is 6. The Morgan fingerprint density at radius 2 is 0.398 bits per heavy atom. The smallest absolute Gasteiger partial charge is 0.0554 e. The van der Waals surface area contributed by atoms with Crippen LogP contribution in [0, 0.1) is 0 Å². The van der Waals surface area contributed by atoms with Crippen molar-refractivity contribution in [2.75, 3.05) is 19.6 Å². The molecule has 550 valence electrons. The monoisotopic (exact) mass is 1530 g/mol. The molecule has 0 spiro atoms. The molecule has 0 fully saturated rings. The van der Waals surface area contributed by atoms with Gasteiger partial charge in [-0.2, -0.15) is 0 Å². The third-order valence-corrected chi connectivity index (χ3v) is 26.8. The van der Waals surface area contributed by atoms with Gasteiger partial charge in [-0.1, -0.05) is 328 Å². The number of benzene rings is 22. The average molecular weight is 1540 g/mol. The first-order valence-corrected chi connectivity index (χ1v) is 42.1. The van der Waals surface area contributed by atoms with Gasteiger partial charge in [0, 0.05) is 117 Å². The standard InChI is InChI=1S/C112H70N4S2/c1-3-35-77(36-4-1)113(99-55-27-33-73-29-7-13-41-83(73)99)103-67-97-109-93-51-23-19-47-89(93)105(69-107(109)117-111(97)95-53-25-21-49-91(95)103)114(100-56-28-34-74-30-8-14-42-84(74)100)79-61-57-71(58-62-79)72-59-63-80(64-60-72)116(102-66-76-32-10-12-40-82(76)86-44-16-18-46-88(86)102)104-68-98-110-94-52-24-20-48-90(94)106(70-108(110)118-112(98)96-54-26-22-50-92(96)104)115(78-37-5-2-6-38-78)101-65-75-31-9-11-39-81(75)85-43-15-17-45-87(85)101/h1-70H. The number of anilines is 12. The number of rotatable bonds is 13. The summed E-state index contributed by atoms with van der Waals surface area (Å²) in [5.74, 6) is 0. The van der Waals surface area contributed by atoms with Gasteiger partial charge in [0.15, 0.2) is 0 Å². The summed E-state index contributed by atoms with van der Waals surface area (Å²) >= 11 is 3.80. The van der Waals surface area contributed by atoms with Gasteiger partial charge in [-0.05, 0) is 162 Å². The van der Waals surface area contributed by atoms with Crippen LogP contribution in [0.1, 0.15) is 0 Å². The fourth-order valence-corrected chi connectivity index (χ4v) is 21.8. The first kappa shape index (κ1) is 67.6. The fraction of sp³-hybridized carbons (Fsp3) is 0. The van der Waals surface area contributed by atoms with Crippen LogP contribution in [0.3, 0.4) is 0 Å². The summed E-state index contributed by atoms with van der Waals surface area (Å²) in [6.45, 7) is 0. The number of para-hydroxylation sites is 2. The Morgan fingerprint density at radius 3 is 0.780 bits per heavy atom. The van der Waals surface area contributed by atoms with E-state index in [9.17, 15) is 0 Å². The van der Waals surface area contributed by atoms with Crippen molar-refractivity contribution in [1.29, 1.82) is 0 Å². The normalized spacial score (nSPS) is 11.9. The van der Waals surface area contributed by atoms with Gasteiger partial charge in [0.1, 0.15) is 0 Å². The average Bonchev–Trinajstić information content (AvgIpc) is 1.52. The Balaban J connectivity index is 0.664. The van der Waals surface area contributed by atoms with Crippen molar-refractivity contribution < 1.29 is 0 Å². The van der Waals surface area contributed by atoms with Gasteiger partial charge < -0.3 is 19.6 Å². The van der Waals surface area contributed by atoms with Gasteiger partial charge in [-0.3, -0.25) is 0 Å². The van der Waals surface area contributed by atoms with E-state index in [1.807, 2.05) is 22.7 Å². The second kappa shape index (κ2) is 27.4.